The van der Waals surface area contributed by atoms with Crippen molar-refractivity contribution in [1.29, 1.82) is 0 Å². The maximum atomic E-state index is 12.4. The zero-order valence-electron chi connectivity index (χ0n) is 25.1. The Bertz CT molecular complexity index is 1180. The van der Waals surface area contributed by atoms with E-state index < -0.39 is 17.0 Å². The van der Waals surface area contributed by atoms with E-state index in [1.165, 1.54) is 16.7 Å². The fourth-order valence-electron chi connectivity index (χ4n) is 9.12. The Balaban J connectivity index is 1.43. The molecular formula is C34H49NO5. The van der Waals surface area contributed by atoms with Crippen molar-refractivity contribution in [2.75, 3.05) is 38.8 Å². The van der Waals surface area contributed by atoms with Crippen LogP contribution >= 0.6 is 0 Å². The second kappa shape index (κ2) is 9.67. The largest absolute Gasteiger partial charge is 0.392 e. The van der Waals surface area contributed by atoms with Crippen LogP contribution in [0.4, 0.5) is 5.69 Å². The lowest BCUT2D eigenvalue weighted by Gasteiger charge is -2.58. The number of benzene rings is 1. The molecule has 6 rings (SSSR count). The molecule has 1 spiro atoms. The molecule has 3 N–H and O–H groups in total. The van der Waals surface area contributed by atoms with E-state index in [1.54, 1.807) is 6.08 Å². The zero-order chi connectivity index (χ0) is 28.6. The van der Waals surface area contributed by atoms with Crippen LogP contribution in [0.25, 0.3) is 0 Å². The van der Waals surface area contributed by atoms with Gasteiger partial charge in [0.15, 0.2) is 5.79 Å². The van der Waals surface area contributed by atoms with E-state index in [9.17, 15) is 15.3 Å². The van der Waals surface area contributed by atoms with Crippen LogP contribution < -0.4 is 4.90 Å². The molecule has 1 aromatic carbocycles. The van der Waals surface area contributed by atoms with Crippen LogP contribution in [-0.4, -0.2) is 66.2 Å². The van der Waals surface area contributed by atoms with E-state index >= 15 is 0 Å². The van der Waals surface area contributed by atoms with Crippen molar-refractivity contribution >= 4 is 5.69 Å². The molecule has 0 amide bonds. The predicted octanol–water partition coefficient (Wildman–Crippen LogP) is 5.33. The van der Waals surface area contributed by atoms with E-state index in [1.807, 2.05) is 6.08 Å². The third-order valence-electron chi connectivity index (χ3n) is 11.4. The lowest BCUT2D eigenvalue weighted by atomic mass is 9.49. The van der Waals surface area contributed by atoms with Crippen LogP contribution in [0, 0.1) is 22.7 Å². The van der Waals surface area contributed by atoms with Gasteiger partial charge in [-0.3, -0.25) is 0 Å². The number of aliphatic hydroxyl groups excluding tert-OH is 1. The molecule has 5 aliphatic rings. The van der Waals surface area contributed by atoms with E-state index in [0.717, 1.165) is 37.8 Å². The van der Waals surface area contributed by atoms with Gasteiger partial charge in [-0.15, -0.1) is 0 Å². The molecular weight excluding hydrogens is 502 g/mol. The van der Waals surface area contributed by atoms with Crippen molar-refractivity contribution in [3.63, 3.8) is 0 Å². The summed E-state index contributed by atoms with van der Waals surface area (Å²) in [7, 11) is 4.12. The minimum Gasteiger partial charge on any atom is -0.392 e. The molecule has 1 heterocycles. The highest BCUT2D eigenvalue weighted by Gasteiger charge is 2.64. The molecule has 6 atom stereocenters. The predicted molar refractivity (Wildman–Crippen MR) is 157 cm³/mol. The Kier molecular flexibility index (Phi) is 6.87. The van der Waals surface area contributed by atoms with E-state index in [4.69, 9.17) is 9.47 Å². The van der Waals surface area contributed by atoms with Crippen molar-refractivity contribution in [3.05, 3.63) is 53.1 Å². The molecule has 1 aromatic rings. The van der Waals surface area contributed by atoms with E-state index in [2.05, 4.69) is 64.0 Å². The van der Waals surface area contributed by atoms with Gasteiger partial charge in [-0.1, -0.05) is 50.6 Å². The summed E-state index contributed by atoms with van der Waals surface area (Å²) in [5.74, 6) is 0.0857. The lowest BCUT2D eigenvalue weighted by molar-refractivity contribution is -0.322. The molecule has 4 aliphatic carbocycles. The van der Waals surface area contributed by atoms with Crippen LogP contribution in [0.3, 0.4) is 0 Å². The van der Waals surface area contributed by atoms with Crippen molar-refractivity contribution in [1.82, 2.24) is 0 Å². The Morgan fingerprint density at radius 1 is 0.975 bits per heavy atom. The maximum absolute atomic E-state index is 12.4. The summed E-state index contributed by atoms with van der Waals surface area (Å²) in [6.07, 6.45) is 9.75. The van der Waals surface area contributed by atoms with Crippen LogP contribution in [0.15, 0.2) is 47.6 Å². The number of fused-ring (bicyclic) bond motifs is 4. The van der Waals surface area contributed by atoms with Crippen LogP contribution in [-0.2, 0) is 9.47 Å². The van der Waals surface area contributed by atoms with Gasteiger partial charge in [0.1, 0.15) is 0 Å². The van der Waals surface area contributed by atoms with Gasteiger partial charge >= 0.3 is 0 Å². The average Bonchev–Trinajstić information content (AvgIpc) is 3.18. The molecule has 1 aliphatic heterocycles. The highest BCUT2D eigenvalue weighted by Crippen LogP contribution is 2.68. The summed E-state index contributed by atoms with van der Waals surface area (Å²) in [6.45, 7) is 7.85. The topological polar surface area (TPSA) is 82.4 Å². The molecule has 220 valence electrons. The molecule has 3 saturated carbocycles. The summed E-state index contributed by atoms with van der Waals surface area (Å²) in [5.41, 5.74) is 2.87. The summed E-state index contributed by atoms with van der Waals surface area (Å²) in [5, 5.41) is 33.9. The van der Waals surface area contributed by atoms with Crippen LogP contribution in [0.1, 0.15) is 83.6 Å². The number of rotatable bonds is 4. The lowest BCUT2D eigenvalue weighted by Crippen LogP contribution is -2.58. The SMILES string of the molecule is CN(C)c1ccc([C@H]2C[C@@]3(C)[C@@H](CC[C@@]3(O)/C=C/CO)[C@@H]3CC[C@@]4(O)CC5(CCC4=C32)OCC(C)(C)CO5)cc1. The standard InChI is InChI=1S/C34H49NO5/c1-30(2)21-39-34(40-22-30)17-13-28-29-25(11-15-32(28,37)20-34)27-12-16-33(38,14-6-18-36)31(27,3)19-26(29)23-7-9-24(10-8-23)35(4)5/h6-10,14,25-27,36-38H,11-13,15-22H2,1-5H3/b14-6+/t25-,26+,27-,31-,32+,33-/m0/s1. The molecule has 0 bridgehead atoms. The number of hydrogen-bond donors (Lipinski definition) is 3. The Morgan fingerprint density at radius 3 is 2.33 bits per heavy atom. The Hall–Kier alpha value is -1.70. The molecule has 40 heavy (non-hydrogen) atoms. The minimum absolute atomic E-state index is 0.00828. The monoisotopic (exact) mass is 551 g/mol. The third-order valence-corrected chi connectivity index (χ3v) is 11.4. The Labute approximate surface area is 240 Å². The van der Waals surface area contributed by atoms with E-state index in [-0.39, 0.29) is 23.4 Å². The number of nitrogens with zero attached hydrogens (tertiary/aromatic N) is 1. The number of ether oxygens (including phenoxy) is 2. The first-order valence-corrected chi connectivity index (χ1v) is 15.4. The molecule has 0 radical (unpaired) electrons. The van der Waals surface area contributed by atoms with E-state index in [0.29, 0.717) is 44.3 Å². The van der Waals surface area contributed by atoms with Crippen molar-refractivity contribution < 1.29 is 24.8 Å². The molecule has 6 nitrogen and oxygen atoms in total. The zero-order valence-corrected chi connectivity index (χ0v) is 25.1. The number of hydrogen-bond acceptors (Lipinski definition) is 6. The van der Waals surface area contributed by atoms with Gasteiger partial charge in [-0.2, -0.15) is 0 Å². The first-order chi connectivity index (χ1) is 18.8. The van der Waals surface area contributed by atoms with Gasteiger partial charge < -0.3 is 29.7 Å². The molecule has 4 fully saturated rings. The summed E-state index contributed by atoms with van der Waals surface area (Å²) >= 11 is 0. The van der Waals surface area contributed by atoms with Crippen molar-refractivity contribution in [3.8, 4) is 0 Å². The first-order valence-electron chi connectivity index (χ1n) is 15.4. The second-order valence-corrected chi connectivity index (χ2v) is 14.8. The number of anilines is 1. The summed E-state index contributed by atoms with van der Waals surface area (Å²) in [6, 6.07) is 8.87. The average molecular weight is 552 g/mol. The van der Waals surface area contributed by atoms with Crippen molar-refractivity contribution in [2.24, 2.45) is 22.7 Å². The fraction of sp³-hybridized carbons (Fsp3) is 0.706. The second-order valence-electron chi connectivity index (χ2n) is 14.8. The normalized spacial score (nSPS) is 40.1. The minimum atomic E-state index is -0.945. The van der Waals surface area contributed by atoms with Crippen LogP contribution in [0.5, 0.6) is 0 Å². The van der Waals surface area contributed by atoms with Gasteiger partial charge in [0.2, 0.25) is 0 Å². The van der Waals surface area contributed by atoms with Gasteiger partial charge in [-0.25, -0.2) is 0 Å². The molecule has 6 heteroatoms. The van der Waals surface area contributed by atoms with Crippen molar-refractivity contribution in [2.45, 2.75) is 95.0 Å². The molecule has 1 saturated heterocycles. The van der Waals surface area contributed by atoms with Gasteiger partial charge in [0.05, 0.1) is 31.0 Å². The third kappa shape index (κ3) is 4.41. The number of aliphatic hydroxyl groups is 3. The molecule has 0 aromatic heterocycles. The van der Waals surface area contributed by atoms with Crippen LogP contribution in [0.2, 0.25) is 0 Å². The maximum Gasteiger partial charge on any atom is 0.171 e. The van der Waals surface area contributed by atoms with Gasteiger partial charge in [0.25, 0.3) is 0 Å². The van der Waals surface area contributed by atoms with Gasteiger partial charge in [0, 0.05) is 49.4 Å². The smallest absolute Gasteiger partial charge is 0.171 e. The fourth-order valence-corrected chi connectivity index (χ4v) is 9.12. The van der Waals surface area contributed by atoms with Gasteiger partial charge in [-0.05, 0) is 73.6 Å². The molecule has 0 unspecified atom stereocenters. The quantitative estimate of drug-likeness (QED) is 0.439. The summed E-state index contributed by atoms with van der Waals surface area (Å²) in [4.78, 5) is 2.12. The summed E-state index contributed by atoms with van der Waals surface area (Å²) < 4.78 is 12.8. The highest BCUT2D eigenvalue weighted by atomic mass is 16.7. The highest BCUT2D eigenvalue weighted by molar-refractivity contribution is 5.50. The Morgan fingerprint density at radius 2 is 1.68 bits per heavy atom. The first kappa shape index (κ1) is 28.4. The number of allylic oxidation sites excluding steroid dienone is 1.